The van der Waals surface area contributed by atoms with Crippen molar-refractivity contribution in [1.29, 1.82) is 0 Å². The lowest BCUT2D eigenvalue weighted by Gasteiger charge is -2.22. The molecule has 0 aromatic heterocycles. The molecule has 0 aliphatic rings. The Morgan fingerprint density at radius 1 is 0.784 bits per heavy atom. The van der Waals surface area contributed by atoms with Gasteiger partial charge in [0.1, 0.15) is 23.6 Å². The quantitative estimate of drug-likeness (QED) is 0.200. The van der Waals surface area contributed by atoms with E-state index in [1.807, 2.05) is 13.8 Å². The Labute approximate surface area is 215 Å². The first kappa shape index (κ1) is 29.1. The second kappa shape index (κ2) is 13.8. The van der Waals surface area contributed by atoms with Crippen LogP contribution in [0.15, 0.2) is 48.5 Å². The molecule has 11 nitrogen and oxygen atoms in total. The molecule has 8 N–H and O–H groups in total. The number of nitrogens with one attached hydrogen (secondary N) is 3. The van der Waals surface area contributed by atoms with Gasteiger partial charge >= 0.3 is 5.97 Å². The van der Waals surface area contributed by atoms with Gasteiger partial charge in [-0.3, -0.25) is 14.4 Å². The Morgan fingerprint density at radius 2 is 1.30 bits per heavy atom. The number of phenolic OH excluding ortho intramolecular Hbond substituents is 2. The molecule has 0 bridgehead atoms. The van der Waals surface area contributed by atoms with Crippen molar-refractivity contribution in [3.05, 3.63) is 59.7 Å². The minimum Gasteiger partial charge on any atom is -0.508 e. The molecule has 2 aromatic rings. The molecule has 3 atom stereocenters. The lowest BCUT2D eigenvalue weighted by molar-refractivity contribution is -0.141. The van der Waals surface area contributed by atoms with Crippen LogP contribution < -0.4 is 21.7 Å². The zero-order valence-corrected chi connectivity index (χ0v) is 20.8. The van der Waals surface area contributed by atoms with Crippen molar-refractivity contribution in [3.63, 3.8) is 0 Å². The zero-order valence-electron chi connectivity index (χ0n) is 20.8. The number of carboxylic acids is 1. The number of rotatable bonds is 13. The van der Waals surface area contributed by atoms with Gasteiger partial charge in [0.15, 0.2) is 0 Å². The van der Waals surface area contributed by atoms with Crippen molar-refractivity contribution < 1.29 is 34.5 Å². The number of carbonyl (C=O) groups is 4. The molecule has 0 heterocycles. The fourth-order valence-electron chi connectivity index (χ4n) is 3.56. The Balaban J connectivity index is 1.92. The van der Waals surface area contributed by atoms with E-state index in [-0.39, 0.29) is 30.3 Å². The van der Waals surface area contributed by atoms with E-state index >= 15 is 0 Å². The molecule has 37 heavy (non-hydrogen) atoms. The van der Waals surface area contributed by atoms with Gasteiger partial charge in [0.05, 0.1) is 12.6 Å². The second-order valence-electron chi connectivity index (χ2n) is 9.21. The molecule has 0 aliphatic carbocycles. The summed E-state index contributed by atoms with van der Waals surface area (Å²) in [6, 6.07) is 9.06. The number of hydrogen-bond donors (Lipinski definition) is 7. The SMILES string of the molecule is CC(C)CC(NC(=O)C(N)Cc1ccc(O)cc1)C(=O)NCC(=O)NC(Cc1ccc(O)cc1)C(=O)O. The van der Waals surface area contributed by atoms with E-state index in [9.17, 15) is 34.5 Å². The van der Waals surface area contributed by atoms with Gasteiger partial charge in [-0.2, -0.15) is 0 Å². The van der Waals surface area contributed by atoms with Crippen LogP contribution in [-0.4, -0.2) is 63.7 Å². The van der Waals surface area contributed by atoms with Crippen molar-refractivity contribution in [2.45, 2.75) is 51.2 Å². The Bertz CT molecular complexity index is 1070. The summed E-state index contributed by atoms with van der Waals surface area (Å²) >= 11 is 0. The van der Waals surface area contributed by atoms with Gasteiger partial charge < -0.3 is 37.0 Å². The van der Waals surface area contributed by atoms with E-state index in [0.29, 0.717) is 12.0 Å². The van der Waals surface area contributed by atoms with Gasteiger partial charge in [0.25, 0.3) is 0 Å². The highest BCUT2D eigenvalue weighted by Gasteiger charge is 2.26. The normalized spacial score (nSPS) is 13.3. The Hall–Kier alpha value is -4.12. The average molecular weight is 515 g/mol. The highest BCUT2D eigenvalue weighted by Crippen LogP contribution is 2.13. The summed E-state index contributed by atoms with van der Waals surface area (Å²) in [7, 11) is 0. The number of hydrogen-bond acceptors (Lipinski definition) is 7. The lowest BCUT2D eigenvalue weighted by atomic mass is 10.0. The molecule has 11 heteroatoms. The molecule has 0 radical (unpaired) electrons. The Kier molecular flexibility index (Phi) is 10.9. The second-order valence-corrected chi connectivity index (χ2v) is 9.21. The van der Waals surface area contributed by atoms with Gasteiger partial charge in [0.2, 0.25) is 17.7 Å². The minimum atomic E-state index is -1.25. The van der Waals surface area contributed by atoms with Gasteiger partial charge in [-0.15, -0.1) is 0 Å². The molecule has 0 saturated heterocycles. The first-order valence-corrected chi connectivity index (χ1v) is 11.9. The lowest BCUT2D eigenvalue weighted by Crippen LogP contribution is -2.54. The van der Waals surface area contributed by atoms with Gasteiger partial charge in [-0.05, 0) is 54.2 Å². The van der Waals surface area contributed by atoms with Gasteiger partial charge in [-0.25, -0.2) is 4.79 Å². The van der Waals surface area contributed by atoms with Gasteiger partial charge in [0, 0.05) is 6.42 Å². The van der Waals surface area contributed by atoms with E-state index in [1.54, 1.807) is 24.3 Å². The summed E-state index contributed by atoms with van der Waals surface area (Å²) in [6.45, 7) is 3.26. The van der Waals surface area contributed by atoms with Crippen LogP contribution in [0.1, 0.15) is 31.4 Å². The van der Waals surface area contributed by atoms with Gasteiger partial charge in [-0.1, -0.05) is 38.1 Å². The molecular weight excluding hydrogens is 480 g/mol. The summed E-state index contributed by atoms with van der Waals surface area (Å²) in [5, 5.41) is 35.6. The number of aromatic hydroxyl groups is 2. The van der Waals surface area contributed by atoms with E-state index in [1.165, 1.54) is 24.3 Å². The largest absolute Gasteiger partial charge is 0.508 e. The maximum absolute atomic E-state index is 12.8. The fraction of sp³-hybridized carbons (Fsp3) is 0.385. The zero-order chi connectivity index (χ0) is 27.5. The third kappa shape index (κ3) is 10.2. The van der Waals surface area contributed by atoms with E-state index in [2.05, 4.69) is 16.0 Å². The molecule has 0 fully saturated rings. The van der Waals surface area contributed by atoms with Crippen LogP contribution in [0.3, 0.4) is 0 Å². The van der Waals surface area contributed by atoms with Crippen LogP contribution in [0, 0.1) is 5.92 Å². The third-order valence-corrected chi connectivity index (χ3v) is 5.50. The predicted molar refractivity (Wildman–Crippen MR) is 136 cm³/mol. The molecule has 0 saturated carbocycles. The first-order chi connectivity index (χ1) is 17.4. The molecule has 3 unspecified atom stereocenters. The van der Waals surface area contributed by atoms with Crippen LogP contribution in [0.2, 0.25) is 0 Å². The Morgan fingerprint density at radius 3 is 1.78 bits per heavy atom. The van der Waals surface area contributed by atoms with Crippen LogP contribution in [0.25, 0.3) is 0 Å². The van der Waals surface area contributed by atoms with E-state index < -0.39 is 48.4 Å². The van der Waals surface area contributed by atoms with Crippen LogP contribution in [0.4, 0.5) is 0 Å². The first-order valence-electron chi connectivity index (χ1n) is 11.9. The van der Waals surface area contributed by atoms with E-state index in [4.69, 9.17) is 5.73 Å². The van der Waals surface area contributed by atoms with Crippen LogP contribution in [-0.2, 0) is 32.0 Å². The number of carboxylic acid groups (broad SMARTS) is 1. The molecule has 2 aromatic carbocycles. The molecule has 200 valence electrons. The molecule has 0 aliphatic heterocycles. The van der Waals surface area contributed by atoms with Crippen LogP contribution in [0.5, 0.6) is 11.5 Å². The molecule has 0 spiro atoms. The summed E-state index contributed by atoms with van der Waals surface area (Å²) in [6.07, 6.45) is 0.478. The maximum Gasteiger partial charge on any atom is 0.326 e. The smallest absolute Gasteiger partial charge is 0.326 e. The monoisotopic (exact) mass is 514 g/mol. The van der Waals surface area contributed by atoms with Crippen molar-refractivity contribution in [2.75, 3.05) is 6.54 Å². The molecular formula is C26H34N4O7. The predicted octanol–water partition coefficient (Wildman–Crippen LogP) is 0.427. The van der Waals surface area contributed by atoms with Crippen molar-refractivity contribution in [3.8, 4) is 11.5 Å². The number of phenols is 2. The highest BCUT2D eigenvalue weighted by atomic mass is 16.4. The number of benzene rings is 2. The van der Waals surface area contributed by atoms with Crippen molar-refractivity contribution >= 4 is 23.7 Å². The number of nitrogens with two attached hydrogens (primary N) is 1. The number of aliphatic carboxylic acids is 1. The number of amides is 3. The van der Waals surface area contributed by atoms with E-state index in [0.717, 1.165) is 5.56 Å². The number of carbonyl (C=O) groups excluding carboxylic acids is 3. The standard InChI is InChI=1S/C26H34N4O7/c1-15(2)11-21(30-24(34)20(27)12-16-3-7-18(31)8-4-16)25(35)28-14-23(33)29-22(26(36)37)13-17-5-9-19(32)10-6-17/h3-10,15,20-22,31-32H,11-14,27H2,1-2H3,(H,28,35)(H,29,33)(H,30,34)(H,36,37). The summed E-state index contributed by atoms with van der Waals surface area (Å²) in [5.74, 6) is -2.93. The van der Waals surface area contributed by atoms with Crippen LogP contribution >= 0.6 is 0 Å². The molecule has 3 amide bonds. The average Bonchev–Trinajstić information content (AvgIpc) is 2.84. The summed E-state index contributed by atoms with van der Waals surface area (Å²) in [4.78, 5) is 49.3. The molecule has 2 rings (SSSR count). The summed E-state index contributed by atoms with van der Waals surface area (Å²) in [5.41, 5.74) is 7.34. The third-order valence-electron chi connectivity index (χ3n) is 5.50. The topological polar surface area (TPSA) is 191 Å². The minimum absolute atomic E-state index is 0.0136. The summed E-state index contributed by atoms with van der Waals surface area (Å²) < 4.78 is 0. The fourth-order valence-corrected chi connectivity index (χ4v) is 3.56. The maximum atomic E-state index is 12.8. The van der Waals surface area contributed by atoms with Crippen molar-refractivity contribution in [2.24, 2.45) is 11.7 Å². The van der Waals surface area contributed by atoms with Crippen molar-refractivity contribution in [1.82, 2.24) is 16.0 Å². The highest BCUT2D eigenvalue weighted by molar-refractivity contribution is 5.92.